The maximum Gasteiger partial charge on any atom is 0.335 e. The third-order valence-electron chi connectivity index (χ3n) is 2.30. The molecule has 1 aromatic heterocycles. The molecular formula is C13H10INO3. The average Bonchev–Trinajstić information content (AvgIpc) is 2.38. The van der Waals surface area contributed by atoms with Crippen molar-refractivity contribution in [2.75, 3.05) is 0 Å². The highest BCUT2D eigenvalue weighted by molar-refractivity contribution is 14.1. The number of carboxylic acid groups (broad SMARTS) is 1. The predicted molar refractivity (Wildman–Crippen MR) is 74.7 cm³/mol. The Morgan fingerprint density at radius 3 is 2.89 bits per heavy atom. The van der Waals surface area contributed by atoms with Crippen LogP contribution in [0.2, 0.25) is 0 Å². The van der Waals surface area contributed by atoms with E-state index >= 15 is 0 Å². The van der Waals surface area contributed by atoms with Gasteiger partial charge >= 0.3 is 5.97 Å². The molecule has 0 aliphatic rings. The van der Waals surface area contributed by atoms with Crippen LogP contribution >= 0.6 is 22.6 Å². The molecule has 0 spiro atoms. The topological polar surface area (TPSA) is 59.4 Å². The zero-order valence-electron chi connectivity index (χ0n) is 9.34. The molecule has 4 nitrogen and oxygen atoms in total. The summed E-state index contributed by atoms with van der Waals surface area (Å²) in [6.07, 6.45) is 3.41. The molecule has 1 N–H and O–H groups in total. The largest absolute Gasteiger partial charge is 0.488 e. The van der Waals surface area contributed by atoms with E-state index in [2.05, 4.69) is 27.6 Å². The number of ether oxygens (including phenoxy) is 1. The van der Waals surface area contributed by atoms with Crippen LogP contribution < -0.4 is 4.74 Å². The number of nitrogens with zero attached hydrogens (tertiary/aromatic N) is 1. The summed E-state index contributed by atoms with van der Waals surface area (Å²) >= 11 is 2.11. The minimum absolute atomic E-state index is 0.219. The summed E-state index contributed by atoms with van der Waals surface area (Å²) < 4.78 is 6.48. The van der Waals surface area contributed by atoms with E-state index in [1.54, 1.807) is 24.5 Å². The maximum absolute atomic E-state index is 10.9. The second-order valence-electron chi connectivity index (χ2n) is 3.60. The number of hydrogen-bond acceptors (Lipinski definition) is 3. The lowest BCUT2D eigenvalue weighted by Gasteiger charge is -2.08. The smallest absolute Gasteiger partial charge is 0.335 e. The fraction of sp³-hybridized carbons (Fsp3) is 0.0769. The summed E-state index contributed by atoms with van der Waals surface area (Å²) in [6.45, 7) is 0.368. The minimum Gasteiger partial charge on any atom is -0.488 e. The lowest BCUT2D eigenvalue weighted by Crippen LogP contribution is -2.01. The van der Waals surface area contributed by atoms with Crippen molar-refractivity contribution in [2.45, 2.75) is 6.61 Å². The van der Waals surface area contributed by atoms with Crippen molar-refractivity contribution >= 4 is 28.6 Å². The zero-order valence-corrected chi connectivity index (χ0v) is 11.5. The molecule has 5 heteroatoms. The first-order chi connectivity index (χ1) is 8.66. The average molecular weight is 355 g/mol. The SMILES string of the molecule is O=C(O)c1ccc(I)c(OCc2cccnc2)c1. The van der Waals surface area contributed by atoms with Crippen molar-refractivity contribution in [2.24, 2.45) is 0 Å². The number of pyridine rings is 1. The summed E-state index contributed by atoms with van der Waals surface area (Å²) in [5.41, 5.74) is 1.16. The summed E-state index contributed by atoms with van der Waals surface area (Å²) in [5.74, 6) is -0.392. The van der Waals surface area contributed by atoms with Crippen molar-refractivity contribution in [1.82, 2.24) is 4.98 Å². The molecule has 0 aliphatic carbocycles. The first-order valence-electron chi connectivity index (χ1n) is 5.21. The second kappa shape index (κ2) is 5.81. The Balaban J connectivity index is 2.14. The Labute approximate surface area is 118 Å². The Bertz CT molecular complexity index is 557. The molecule has 0 bridgehead atoms. The molecule has 0 saturated heterocycles. The summed E-state index contributed by atoms with van der Waals surface area (Å²) in [4.78, 5) is 14.9. The number of halogens is 1. The van der Waals surface area contributed by atoms with Crippen LogP contribution in [-0.2, 0) is 6.61 Å². The maximum atomic E-state index is 10.9. The monoisotopic (exact) mass is 355 g/mol. The fourth-order valence-corrected chi connectivity index (χ4v) is 1.88. The van der Waals surface area contributed by atoms with Gasteiger partial charge in [-0.05, 0) is 46.9 Å². The number of rotatable bonds is 4. The van der Waals surface area contributed by atoms with Crippen LogP contribution in [0.1, 0.15) is 15.9 Å². The molecule has 0 atom stereocenters. The van der Waals surface area contributed by atoms with Gasteiger partial charge in [0.05, 0.1) is 9.13 Å². The van der Waals surface area contributed by atoms with E-state index < -0.39 is 5.97 Å². The van der Waals surface area contributed by atoms with Crippen LogP contribution in [0.3, 0.4) is 0 Å². The number of aromatic carboxylic acids is 1. The molecule has 0 aliphatic heterocycles. The summed E-state index contributed by atoms with van der Waals surface area (Å²) in [5, 5.41) is 8.92. The second-order valence-corrected chi connectivity index (χ2v) is 4.76. The van der Waals surface area contributed by atoms with Crippen molar-refractivity contribution in [3.05, 3.63) is 57.4 Å². The molecule has 2 rings (SSSR count). The van der Waals surface area contributed by atoms with Crippen molar-refractivity contribution in [3.8, 4) is 5.75 Å². The Morgan fingerprint density at radius 2 is 2.22 bits per heavy atom. The lowest BCUT2D eigenvalue weighted by atomic mass is 10.2. The number of aromatic nitrogens is 1. The quantitative estimate of drug-likeness (QED) is 0.857. The van der Waals surface area contributed by atoms with E-state index in [9.17, 15) is 4.79 Å². The molecule has 0 fully saturated rings. The lowest BCUT2D eigenvalue weighted by molar-refractivity contribution is 0.0696. The molecule has 0 radical (unpaired) electrons. The number of carboxylic acids is 1. The van der Waals surface area contributed by atoms with Gasteiger partial charge in [0.15, 0.2) is 0 Å². The van der Waals surface area contributed by atoms with Crippen LogP contribution in [-0.4, -0.2) is 16.1 Å². The van der Waals surface area contributed by atoms with Gasteiger partial charge in [0.2, 0.25) is 0 Å². The Kier molecular flexibility index (Phi) is 4.14. The molecule has 92 valence electrons. The minimum atomic E-state index is -0.961. The van der Waals surface area contributed by atoms with Crippen LogP contribution in [0.5, 0.6) is 5.75 Å². The van der Waals surface area contributed by atoms with E-state index in [-0.39, 0.29) is 5.56 Å². The highest BCUT2D eigenvalue weighted by atomic mass is 127. The molecule has 18 heavy (non-hydrogen) atoms. The van der Waals surface area contributed by atoms with Gasteiger partial charge in [0.25, 0.3) is 0 Å². The molecule has 1 aromatic carbocycles. The summed E-state index contributed by atoms with van der Waals surface area (Å²) in [6, 6.07) is 8.54. The van der Waals surface area contributed by atoms with Gasteiger partial charge < -0.3 is 9.84 Å². The van der Waals surface area contributed by atoms with E-state index in [0.29, 0.717) is 12.4 Å². The molecule has 2 aromatic rings. The van der Waals surface area contributed by atoms with Gasteiger partial charge in [0, 0.05) is 18.0 Å². The number of benzene rings is 1. The first-order valence-corrected chi connectivity index (χ1v) is 6.29. The third-order valence-corrected chi connectivity index (χ3v) is 3.19. The van der Waals surface area contributed by atoms with E-state index in [4.69, 9.17) is 9.84 Å². The standard InChI is InChI=1S/C13H10INO3/c14-11-4-3-10(13(16)17)6-12(11)18-8-9-2-1-5-15-7-9/h1-7H,8H2,(H,16,17). The Morgan fingerprint density at radius 1 is 1.39 bits per heavy atom. The number of hydrogen-bond donors (Lipinski definition) is 1. The molecule has 0 amide bonds. The zero-order chi connectivity index (χ0) is 13.0. The van der Waals surface area contributed by atoms with Crippen LogP contribution in [0.25, 0.3) is 0 Å². The predicted octanol–water partition coefficient (Wildman–Crippen LogP) is 2.96. The van der Waals surface area contributed by atoms with E-state index in [1.807, 2.05) is 12.1 Å². The van der Waals surface area contributed by atoms with Gasteiger partial charge in [-0.3, -0.25) is 4.98 Å². The van der Waals surface area contributed by atoms with E-state index in [1.165, 1.54) is 6.07 Å². The van der Waals surface area contributed by atoms with Gasteiger partial charge in [-0.1, -0.05) is 6.07 Å². The van der Waals surface area contributed by atoms with Crippen molar-refractivity contribution in [1.29, 1.82) is 0 Å². The van der Waals surface area contributed by atoms with Gasteiger partial charge in [0.1, 0.15) is 12.4 Å². The number of carbonyl (C=O) groups is 1. The highest BCUT2D eigenvalue weighted by Gasteiger charge is 2.08. The molecule has 0 saturated carbocycles. The van der Waals surface area contributed by atoms with Crippen LogP contribution in [0, 0.1) is 3.57 Å². The van der Waals surface area contributed by atoms with Crippen molar-refractivity contribution in [3.63, 3.8) is 0 Å². The van der Waals surface area contributed by atoms with Gasteiger partial charge in [-0.2, -0.15) is 0 Å². The van der Waals surface area contributed by atoms with Crippen LogP contribution in [0.15, 0.2) is 42.7 Å². The Hall–Kier alpha value is -1.63. The normalized spacial score (nSPS) is 10.1. The fourth-order valence-electron chi connectivity index (χ4n) is 1.39. The van der Waals surface area contributed by atoms with Gasteiger partial charge in [-0.25, -0.2) is 4.79 Å². The van der Waals surface area contributed by atoms with E-state index in [0.717, 1.165) is 9.13 Å². The van der Waals surface area contributed by atoms with Gasteiger partial charge in [-0.15, -0.1) is 0 Å². The van der Waals surface area contributed by atoms with Crippen LogP contribution in [0.4, 0.5) is 0 Å². The highest BCUT2D eigenvalue weighted by Crippen LogP contribution is 2.23. The third kappa shape index (κ3) is 3.19. The molecular weight excluding hydrogens is 345 g/mol. The van der Waals surface area contributed by atoms with Crippen molar-refractivity contribution < 1.29 is 14.6 Å². The molecule has 1 heterocycles. The molecule has 0 unspecified atom stereocenters. The first kappa shape index (κ1) is 12.8. The summed E-state index contributed by atoms with van der Waals surface area (Å²) in [7, 11) is 0.